The minimum atomic E-state index is -1.16. The van der Waals surface area contributed by atoms with Gasteiger partial charge in [0, 0.05) is 11.8 Å². The Bertz CT molecular complexity index is 361. The van der Waals surface area contributed by atoms with Gasteiger partial charge >= 0.3 is 0 Å². The molecule has 0 aromatic rings. The number of nitrogens with zero attached hydrogens (tertiary/aromatic N) is 1. The summed E-state index contributed by atoms with van der Waals surface area (Å²) in [5.41, 5.74) is 0.872. The lowest BCUT2D eigenvalue weighted by molar-refractivity contribution is -0.310. The number of aliphatic carboxylic acids is 1. The second-order valence-electron chi connectivity index (χ2n) is 5.22. The van der Waals surface area contributed by atoms with Crippen LogP contribution in [0, 0.1) is 5.92 Å². The van der Waals surface area contributed by atoms with Gasteiger partial charge in [-0.1, -0.05) is 19.4 Å². The van der Waals surface area contributed by atoms with Crippen molar-refractivity contribution in [3.8, 4) is 0 Å². The van der Waals surface area contributed by atoms with Gasteiger partial charge in [-0.25, -0.2) is 0 Å². The molecule has 1 aliphatic rings. The van der Waals surface area contributed by atoms with E-state index in [1.807, 2.05) is 13.8 Å². The van der Waals surface area contributed by atoms with Crippen molar-refractivity contribution in [2.24, 2.45) is 5.92 Å². The molecule has 4 nitrogen and oxygen atoms in total. The molecule has 0 saturated carbocycles. The highest BCUT2D eigenvalue weighted by molar-refractivity contribution is 8.00. The fourth-order valence-corrected chi connectivity index (χ4v) is 3.58. The Hall–Kier alpha value is -0.970. The van der Waals surface area contributed by atoms with E-state index in [2.05, 4.69) is 13.8 Å². The van der Waals surface area contributed by atoms with E-state index < -0.39 is 12.0 Å². The average molecular weight is 270 g/mol. The molecule has 5 heteroatoms. The van der Waals surface area contributed by atoms with E-state index in [1.165, 1.54) is 22.7 Å². The van der Waals surface area contributed by atoms with Gasteiger partial charge in [0.25, 0.3) is 0 Å². The molecule has 0 aromatic carbocycles. The Kier molecular flexibility index (Phi) is 5.26. The van der Waals surface area contributed by atoms with Crippen molar-refractivity contribution < 1.29 is 14.7 Å². The standard InChI is InChI=1S/C13H21NO3S/c1-8(2)5-11(15)14-10(13(16)17)7-18-12(14)6-9(3)4/h5,9-10,12H,6-7H2,1-4H3,(H,16,17)/p-1/t10-,12-/m1/s1. The lowest BCUT2D eigenvalue weighted by Crippen LogP contribution is -2.50. The van der Waals surface area contributed by atoms with Crippen LogP contribution in [0.25, 0.3) is 0 Å². The number of carbonyl (C=O) groups is 2. The molecule has 102 valence electrons. The van der Waals surface area contributed by atoms with Gasteiger partial charge in [0.2, 0.25) is 5.91 Å². The topological polar surface area (TPSA) is 60.4 Å². The fourth-order valence-electron chi connectivity index (χ4n) is 1.95. The third kappa shape index (κ3) is 3.77. The number of amides is 1. The maximum absolute atomic E-state index is 12.1. The molecule has 1 heterocycles. The lowest BCUT2D eigenvalue weighted by atomic mass is 10.1. The van der Waals surface area contributed by atoms with E-state index in [9.17, 15) is 14.7 Å². The number of carbonyl (C=O) groups excluding carboxylic acids is 2. The molecule has 2 atom stereocenters. The van der Waals surface area contributed by atoms with E-state index in [1.54, 1.807) is 0 Å². The van der Waals surface area contributed by atoms with E-state index in [-0.39, 0.29) is 11.3 Å². The Morgan fingerprint density at radius 3 is 2.50 bits per heavy atom. The summed E-state index contributed by atoms with van der Waals surface area (Å²) < 4.78 is 0. The molecule has 1 fully saturated rings. The molecular weight excluding hydrogens is 250 g/mol. The first-order valence-corrected chi connectivity index (χ1v) is 7.17. The highest BCUT2D eigenvalue weighted by Crippen LogP contribution is 2.33. The molecule has 0 unspecified atom stereocenters. The summed E-state index contributed by atoms with van der Waals surface area (Å²) in [7, 11) is 0. The summed E-state index contributed by atoms with van der Waals surface area (Å²) in [6.45, 7) is 7.78. The second kappa shape index (κ2) is 6.27. The Morgan fingerprint density at radius 1 is 1.44 bits per heavy atom. The third-order valence-electron chi connectivity index (χ3n) is 2.70. The van der Waals surface area contributed by atoms with Crippen LogP contribution < -0.4 is 5.11 Å². The predicted molar refractivity (Wildman–Crippen MR) is 70.8 cm³/mol. The van der Waals surface area contributed by atoms with Gasteiger partial charge in [-0.15, -0.1) is 11.8 Å². The van der Waals surface area contributed by atoms with Crippen LogP contribution in [0.2, 0.25) is 0 Å². The summed E-state index contributed by atoms with van der Waals surface area (Å²) in [5.74, 6) is -0.545. The SMILES string of the molecule is CC(C)=CC(=O)N1[C@@H](C(=O)[O-])CS[C@@H]1CC(C)C. The predicted octanol–water partition coefficient (Wildman–Crippen LogP) is 1.02. The summed E-state index contributed by atoms with van der Waals surface area (Å²) in [4.78, 5) is 24.7. The molecule has 0 aliphatic carbocycles. The first-order valence-electron chi connectivity index (χ1n) is 6.12. The van der Waals surface area contributed by atoms with Crippen LogP contribution in [-0.4, -0.2) is 33.9 Å². The van der Waals surface area contributed by atoms with Crippen molar-refractivity contribution >= 4 is 23.6 Å². The van der Waals surface area contributed by atoms with Gasteiger partial charge < -0.3 is 14.8 Å². The van der Waals surface area contributed by atoms with Crippen molar-refractivity contribution in [1.29, 1.82) is 0 Å². The summed E-state index contributed by atoms with van der Waals surface area (Å²) in [5, 5.41) is 11.0. The van der Waals surface area contributed by atoms with Crippen LogP contribution in [0.1, 0.15) is 34.1 Å². The number of rotatable bonds is 4. The summed E-state index contributed by atoms with van der Waals surface area (Å²) >= 11 is 1.53. The number of allylic oxidation sites excluding steroid dienone is 1. The van der Waals surface area contributed by atoms with Gasteiger partial charge in [0.15, 0.2) is 0 Å². The van der Waals surface area contributed by atoms with Crippen molar-refractivity contribution in [3.63, 3.8) is 0 Å². The molecule has 0 spiro atoms. The van der Waals surface area contributed by atoms with Gasteiger partial charge in [0.05, 0.1) is 17.4 Å². The second-order valence-corrected chi connectivity index (χ2v) is 6.43. The number of thioether (sulfide) groups is 1. The maximum atomic E-state index is 12.1. The average Bonchev–Trinajstić information content (AvgIpc) is 2.59. The van der Waals surface area contributed by atoms with Crippen molar-refractivity contribution in [2.45, 2.75) is 45.5 Å². The molecular formula is C13H20NO3S-. The molecule has 0 aromatic heterocycles. The van der Waals surface area contributed by atoms with Gasteiger partial charge in [-0.3, -0.25) is 4.79 Å². The van der Waals surface area contributed by atoms with Crippen LogP contribution in [0.3, 0.4) is 0 Å². The van der Waals surface area contributed by atoms with Gasteiger partial charge in [-0.2, -0.15) is 0 Å². The maximum Gasteiger partial charge on any atom is 0.247 e. The zero-order chi connectivity index (χ0) is 13.9. The Labute approximate surface area is 112 Å². The van der Waals surface area contributed by atoms with Crippen LogP contribution in [-0.2, 0) is 9.59 Å². The van der Waals surface area contributed by atoms with Crippen molar-refractivity contribution in [2.75, 3.05) is 5.75 Å². The first-order chi connectivity index (χ1) is 8.32. The van der Waals surface area contributed by atoms with Crippen LogP contribution >= 0.6 is 11.8 Å². The number of carboxylic acid groups (broad SMARTS) is 1. The monoisotopic (exact) mass is 270 g/mol. The Balaban J connectivity index is 2.91. The quantitative estimate of drug-likeness (QED) is 0.716. The van der Waals surface area contributed by atoms with Crippen LogP contribution in [0.4, 0.5) is 0 Å². The molecule has 18 heavy (non-hydrogen) atoms. The minimum absolute atomic E-state index is 0.0593. The van der Waals surface area contributed by atoms with E-state index in [0.717, 1.165) is 12.0 Å². The Morgan fingerprint density at radius 2 is 2.06 bits per heavy atom. The molecule has 0 radical (unpaired) electrons. The minimum Gasteiger partial charge on any atom is -0.548 e. The number of hydrogen-bond donors (Lipinski definition) is 0. The summed E-state index contributed by atoms with van der Waals surface area (Å²) in [6.07, 6.45) is 2.30. The highest BCUT2D eigenvalue weighted by atomic mass is 32.2. The van der Waals surface area contributed by atoms with E-state index in [0.29, 0.717) is 11.7 Å². The van der Waals surface area contributed by atoms with E-state index in [4.69, 9.17) is 0 Å². The third-order valence-corrected chi connectivity index (χ3v) is 4.02. The number of carboxylic acids is 1. The highest BCUT2D eigenvalue weighted by Gasteiger charge is 2.37. The molecule has 0 N–H and O–H groups in total. The molecule has 1 aliphatic heterocycles. The van der Waals surface area contributed by atoms with Crippen molar-refractivity contribution in [1.82, 2.24) is 4.90 Å². The van der Waals surface area contributed by atoms with Gasteiger partial charge in [0.1, 0.15) is 0 Å². The first kappa shape index (κ1) is 15.1. The molecule has 1 saturated heterocycles. The zero-order valence-corrected chi connectivity index (χ0v) is 12.1. The zero-order valence-electron chi connectivity index (χ0n) is 11.3. The summed E-state index contributed by atoms with van der Waals surface area (Å²) in [6, 6.07) is -0.804. The fraction of sp³-hybridized carbons (Fsp3) is 0.692. The van der Waals surface area contributed by atoms with Gasteiger partial charge in [-0.05, 0) is 26.2 Å². The van der Waals surface area contributed by atoms with Crippen LogP contribution in [0.5, 0.6) is 0 Å². The van der Waals surface area contributed by atoms with E-state index >= 15 is 0 Å². The normalized spacial score (nSPS) is 23.3. The smallest absolute Gasteiger partial charge is 0.247 e. The van der Waals surface area contributed by atoms with Crippen molar-refractivity contribution in [3.05, 3.63) is 11.6 Å². The number of hydrogen-bond acceptors (Lipinski definition) is 4. The molecule has 1 rings (SSSR count). The molecule has 0 bridgehead atoms. The largest absolute Gasteiger partial charge is 0.548 e. The van der Waals surface area contributed by atoms with Crippen LogP contribution in [0.15, 0.2) is 11.6 Å². The lowest BCUT2D eigenvalue weighted by Gasteiger charge is -2.30. The molecule has 1 amide bonds.